The van der Waals surface area contributed by atoms with E-state index < -0.39 is 6.10 Å². The molecule has 7 heteroatoms. The van der Waals surface area contributed by atoms with Gasteiger partial charge in [0, 0.05) is 23.4 Å². The molecular weight excluding hydrogens is 435 g/mol. The van der Waals surface area contributed by atoms with E-state index in [0.29, 0.717) is 18.7 Å². The van der Waals surface area contributed by atoms with Gasteiger partial charge in [0.05, 0.1) is 18.8 Å². The summed E-state index contributed by atoms with van der Waals surface area (Å²) in [7, 11) is 2.06. The molecule has 0 amide bonds. The highest BCUT2D eigenvalue weighted by molar-refractivity contribution is 5.53. The summed E-state index contributed by atoms with van der Waals surface area (Å²) in [6.45, 7) is 2.69. The number of carbonyl (C=O) groups excluding carboxylic acids is 1. The Morgan fingerprint density at radius 3 is 2.35 bits per heavy atom. The fourth-order valence-corrected chi connectivity index (χ4v) is 4.65. The molecule has 1 aliphatic heterocycles. The zero-order chi connectivity index (χ0) is 24.7. The van der Waals surface area contributed by atoms with Crippen LogP contribution in [0.3, 0.4) is 0 Å². The second-order valence-corrected chi connectivity index (χ2v) is 8.46. The average Bonchev–Trinajstić information content (AvgIpc) is 3.17. The van der Waals surface area contributed by atoms with Crippen molar-refractivity contribution in [3.8, 4) is 11.5 Å². The van der Waals surface area contributed by atoms with Gasteiger partial charge in [0.15, 0.2) is 0 Å². The van der Waals surface area contributed by atoms with E-state index in [2.05, 4.69) is 29.0 Å². The fourth-order valence-electron chi connectivity index (χ4n) is 4.65. The predicted octanol–water partition coefficient (Wildman–Crippen LogP) is 4.78. The summed E-state index contributed by atoms with van der Waals surface area (Å²) in [5, 5.41) is 30.9. The Labute approximate surface area is 199 Å². The number of nitrogens with zero attached hydrogens (tertiary/aromatic N) is 2. The molecule has 1 fully saturated rings. The highest BCUT2D eigenvalue weighted by Crippen LogP contribution is 2.43. The number of halogens is 1. The monoisotopic (exact) mass is 466 g/mol. The Morgan fingerprint density at radius 1 is 1.03 bits per heavy atom. The van der Waals surface area contributed by atoms with E-state index in [1.165, 1.54) is 18.2 Å². The summed E-state index contributed by atoms with van der Waals surface area (Å²) in [6.07, 6.45) is 1.50. The molecule has 0 spiro atoms. The number of carbonyl (C=O) groups is 1. The SMILES string of the molecule is C=O.CN1CN(c2ccccc2)C(c2ccc(O)cc2O)C1CCCC(O)c1ccc(F)cc1. The number of aromatic hydroxyl groups is 2. The molecule has 0 saturated carbocycles. The first-order valence-electron chi connectivity index (χ1n) is 11.2. The van der Waals surface area contributed by atoms with Crippen LogP contribution in [-0.4, -0.2) is 46.8 Å². The molecule has 3 atom stereocenters. The highest BCUT2D eigenvalue weighted by Gasteiger charge is 2.40. The summed E-state index contributed by atoms with van der Waals surface area (Å²) in [5.74, 6) is -0.212. The molecule has 0 aliphatic carbocycles. The van der Waals surface area contributed by atoms with Crippen molar-refractivity contribution in [2.24, 2.45) is 0 Å². The largest absolute Gasteiger partial charge is 0.508 e. The number of phenols is 2. The second kappa shape index (κ2) is 11.6. The van der Waals surface area contributed by atoms with Gasteiger partial charge in [0.25, 0.3) is 0 Å². The van der Waals surface area contributed by atoms with Crippen LogP contribution in [0.5, 0.6) is 11.5 Å². The van der Waals surface area contributed by atoms with Crippen molar-refractivity contribution in [3.05, 3.63) is 89.7 Å². The third-order valence-electron chi connectivity index (χ3n) is 6.29. The van der Waals surface area contributed by atoms with Gasteiger partial charge in [0.2, 0.25) is 0 Å². The van der Waals surface area contributed by atoms with Crippen molar-refractivity contribution < 1.29 is 24.5 Å². The van der Waals surface area contributed by atoms with Gasteiger partial charge in [-0.25, -0.2) is 4.39 Å². The smallest absolute Gasteiger partial charge is 0.124 e. The molecule has 0 bridgehead atoms. The van der Waals surface area contributed by atoms with Gasteiger partial charge in [-0.3, -0.25) is 4.90 Å². The lowest BCUT2D eigenvalue weighted by Crippen LogP contribution is -2.29. The lowest BCUT2D eigenvalue weighted by molar-refractivity contribution is -0.0980. The van der Waals surface area contributed by atoms with Crippen molar-refractivity contribution in [3.63, 3.8) is 0 Å². The normalized spacial score (nSPS) is 18.9. The minimum absolute atomic E-state index is 0.0304. The summed E-state index contributed by atoms with van der Waals surface area (Å²) < 4.78 is 13.2. The topological polar surface area (TPSA) is 84.2 Å². The maximum atomic E-state index is 13.2. The van der Waals surface area contributed by atoms with E-state index in [9.17, 15) is 19.7 Å². The van der Waals surface area contributed by atoms with Crippen molar-refractivity contribution in [1.82, 2.24) is 4.90 Å². The molecule has 3 N–H and O–H groups in total. The molecule has 4 rings (SSSR count). The number of aliphatic hydroxyl groups is 1. The van der Waals surface area contributed by atoms with Crippen LogP contribution in [0, 0.1) is 5.82 Å². The quantitative estimate of drug-likeness (QED) is 0.465. The maximum Gasteiger partial charge on any atom is 0.124 e. The van der Waals surface area contributed by atoms with Crippen LogP contribution in [0.15, 0.2) is 72.8 Å². The predicted molar refractivity (Wildman–Crippen MR) is 130 cm³/mol. The van der Waals surface area contributed by atoms with Gasteiger partial charge >= 0.3 is 0 Å². The number of hydrogen-bond acceptors (Lipinski definition) is 6. The first kappa shape index (κ1) is 25.2. The minimum atomic E-state index is -0.645. The summed E-state index contributed by atoms with van der Waals surface area (Å²) in [4.78, 5) is 12.5. The molecule has 1 aliphatic rings. The van der Waals surface area contributed by atoms with Crippen molar-refractivity contribution in [2.45, 2.75) is 37.5 Å². The number of hydrogen-bond donors (Lipinski definition) is 3. The number of benzene rings is 3. The van der Waals surface area contributed by atoms with E-state index in [1.54, 1.807) is 24.3 Å². The molecule has 1 heterocycles. The molecule has 3 aromatic rings. The zero-order valence-corrected chi connectivity index (χ0v) is 19.2. The van der Waals surface area contributed by atoms with Crippen LogP contribution in [0.4, 0.5) is 10.1 Å². The molecule has 6 nitrogen and oxygen atoms in total. The first-order valence-corrected chi connectivity index (χ1v) is 11.2. The third kappa shape index (κ3) is 5.73. The lowest BCUT2D eigenvalue weighted by Gasteiger charge is -2.30. The van der Waals surface area contributed by atoms with E-state index in [1.807, 2.05) is 25.0 Å². The molecule has 1 saturated heterocycles. The van der Waals surface area contributed by atoms with Gasteiger partial charge < -0.3 is 25.0 Å². The van der Waals surface area contributed by atoms with Crippen molar-refractivity contribution in [1.29, 1.82) is 0 Å². The number of phenolic OH excluding ortho intramolecular Hbond substituents is 2. The molecule has 180 valence electrons. The van der Waals surface area contributed by atoms with Gasteiger partial charge in [0.1, 0.15) is 24.1 Å². The number of aliphatic hydroxyl groups excluding tert-OH is 1. The van der Waals surface area contributed by atoms with Crippen LogP contribution in [0.25, 0.3) is 0 Å². The Kier molecular flexibility index (Phi) is 8.62. The third-order valence-corrected chi connectivity index (χ3v) is 6.29. The van der Waals surface area contributed by atoms with E-state index in [-0.39, 0.29) is 29.4 Å². The first-order chi connectivity index (χ1) is 16.4. The molecular formula is C27H31FN2O4. The molecule has 3 aromatic carbocycles. The Hall–Kier alpha value is -3.42. The lowest BCUT2D eigenvalue weighted by atomic mass is 9.92. The second-order valence-electron chi connectivity index (χ2n) is 8.46. The van der Waals surface area contributed by atoms with Gasteiger partial charge in [-0.2, -0.15) is 0 Å². The maximum absolute atomic E-state index is 13.2. The Bertz CT molecular complexity index is 1050. The number of anilines is 1. The number of rotatable bonds is 7. The number of para-hydroxylation sites is 1. The van der Waals surface area contributed by atoms with Crippen LogP contribution in [0.2, 0.25) is 0 Å². The van der Waals surface area contributed by atoms with E-state index in [0.717, 1.165) is 24.1 Å². The Morgan fingerprint density at radius 2 is 1.71 bits per heavy atom. The summed E-state index contributed by atoms with van der Waals surface area (Å²) in [5.41, 5.74) is 2.54. The Balaban J connectivity index is 0.00000158. The van der Waals surface area contributed by atoms with Gasteiger partial charge in [-0.05, 0) is 68.3 Å². The van der Waals surface area contributed by atoms with Crippen molar-refractivity contribution in [2.75, 3.05) is 18.6 Å². The summed E-state index contributed by atoms with van der Waals surface area (Å²) >= 11 is 0. The van der Waals surface area contributed by atoms with E-state index >= 15 is 0 Å². The fraction of sp³-hybridized carbons (Fsp3) is 0.296. The highest BCUT2D eigenvalue weighted by atomic mass is 19.1. The van der Waals surface area contributed by atoms with Crippen LogP contribution in [0.1, 0.15) is 42.5 Å². The molecule has 0 radical (unpaired) electrons. The minimum Gasteiger partial charge on any atom is -0.508 e. The molecule has 0 aromatic heterocycles. The van der Waals surface area contributed by atoms with E-state index in [4.69, 9.17) is 4.79 Å². The van der Waals surface area contributed by atoms with Crippen LogP contribution >= 0.6 is 0 Å². The number of likely N-dealkylation sites (N-methyl/N-ethyl adjacent to an activating group) is 1. The summed E-state index contributed by atoms with van der Waals surface area (Å²) in [6, 6.07) is 20.8. The standard InChI is InChI=1S/C26H29FN2O3.CH2O/c1-28-17-29(20-6-3-2-4-7-20)26(22-15-14-21(30)16-25(22)32)23(28)8-5-9-24(31)18-10-12-19(27)13-11-18;1-2/h2-4,6-7,10-16,23-24,26,30-32H,5,8-9,17H2,1H3;1H2. The zero-order valence-electron chi connectivity index (χ0n) is 19.2. The van der Waals surface area contributed by atoms with Gasteiger partial charge in [-0.1, -0.05) is 30.3 Å². The van der Waals surface area contributed by atoms with Crippen LogP contribution < -0.4 is 4.90 Å². The van der Waals surface area contributed by atoms with Crippen LogP contribution in [-0.2, 0) is 4.79 Å². The van der Waals surface area contributed by atoms with Gasteiger partial charge in [-0.15, -0.1) is 0 Å². The molecule has 3 unspecified atom stereocenters. The van der Waals surface area contributed by atoms with Crippen molar-refractivity contribution >= 4 is 12.5 Å². The average molecular weight is 467 g/mol. The molecule has 34 heavy (non-hydrogen) atoms.